The lowest BCUT2D eigenvalue weighted by molar-refractivity contribution is -0.191. The summed E-state index contributed by atoms with van der Waals surface area (Å²) in [5, 5.41) is 8.74. The van der Waals surface area contributed by atoms with Gasteiger partial charge in [0.1, 0.15) is 0 Å². The van der Waals surface area contributed by atoms with Gasteiger partial charge in [-0.2, -0.15) is 0 Å². The second-order valence-corrected chi connectivity index (χ2v) is 13.7. The van der Waals surface area contributed by atoms with E-state index >= 15 is 0 Å². The molecule has 0 fully saturated rings. The van der Waals surface area contributed by atoms with Crippen LogP contribution < -0.4 is 0 Å². The van der Waals surface area contributed by atoms with Crippen LogP contribution in [0.3, 0.4) is 0 Å². The van der Waals surface area contributed by atoms with Gasteiger partial charge < -0.3 is 19.3 Å². The number of aliphatic carboxylic acids is 1. The Bertz CT molecular complexity index is 724. The van der Waals surface area contributed by atoms with Crippen molar-refractivity contribution in [2.45, 2.75) is 226 Å². The molecule has 0 amide bonds. The smallest absolute Gasteiger partial charge is 0.308 e. The van der Waals surface area contributed by atoms with Crippen molar-refractivity contribution < 1.29 is 38.5 Å². The minimum Gasteiger partial charge on any atom is -0.481 e. The van der Waals surface area contributed by atoms with Crippen LogP contribution in [-0.2, 0) is 33.4 Å². The largest absolute Gasteiger partial charge is 0.481 e. The Hall–Kier alpha value is -2.12. The van der Waals surface area contributed by atoms with E-state index in [1.54, 1.807) is 0 Å². The van der Waals surface area contributed by atoms with Gasteiger partial charge in [-0.15, -0.1) is 0 Å². The normalized spacial score (nSPS) is 11.1. The van der Waals surface area contributed by atoms with E-state index in [1.165, 1.54) is 128 Å². The molecule has 0 heterocycles. The highest BCUT2D eigenvalue weighted by Crippen LogP contribution is 2.16. The van der Waals surface area contributed by atoms with E-state index in [2.05, 4.69) is 13.8 Å². The Morgan fingerprint density at radius 3 is 1.06 bits per heavy atom. The highest BCUT2D eigenvalue weighted by molar-refractivity contribution is 5.72. The van der Waals surface area contributed by atoms with E-state index < -0.39 is 30.2 Å². The molecule has 0 saturated carbocycles. The average molecular weight is 683 g/mol. The summed E-state index contributed by atoms with van der Waals surface area (Å²) in [5.41, 5.74) is 0. The fourth-order valence-electron chi connectivity index (χ4n) is 5.85. The van der Waals surface area contributed by atoms with Crippen LogP contribution in [0.1, 0.15) is 219 Å². The number of carboxylic acids is 1. The Morgan fingerprint density at radius 2 is 0.729 bits per heavy atom. The summed E-state index contributed by atoms with van der Waals surface area (Å²) in [7, 11) is 0. The number of hydrogen-bond donors (Lipinski definition) is 1. The molecule has 0 spiro atoms. The van der Waals surface area contributed by atoms with Crippen LogP contribution in [0.2, 0.25) is 0 Å². The second kappa shape index (κ2) is 36.2. The molecule has 0 aromatic rings. The quantitative estimate of drug-likeness (QED) is 0.0391. The minimum atomic E-state index is -1.10. The summed E-state index contributed by atoms with van der Waals surface area (Å²) in [6.07, 6.45) is 31.3. The number of esters is 3. The topological polar surface area (TPSA) is 116 Å². The lowest BCUT2D eigenvalue weighted by Gasteiger charge is -2.18. The van der Waals surface area contributed by atoms with Gasteiger partial charge in [0.25, 0.3) is 6.29 Å². The van der Waals surface area contributed by atoms with Crippen LogP contribution in [-0.4, -0.2) is 41.9 Å². The molecule has 0 aliphatic carbocycles. The van der Waals surface area contributed by atoms with Crippen molar-refractivity contribution in [1.82, 2.24) is 0 Å². The Morgan fingerprint density at radius 1 is 0.417 bits per heavy atom. The molecule has 0 rings (SSSR count). The van der Waals surface area contributed by atoms with Crippen LogP contribution in [0.5, 0.6) is 0 Å². The molecule has 0 saturated heterocycles. The molecule has 1 N–H and O–H groups in total. The molecule has 0 bridgehead atoms. The van der Waals surface area contributed by atoms with Crippen molar-refractivity contribution in [2.75, 3.05) is 6.61 Å². The van der Waals surface area contributed by atoms with Gasteiger partial charge in [-0.3, -0.25) is 19.2 Å². The van der Waals surface area contributed by atoms with Crippen molar-refractivity contribution in [3.63, 3.8) is 0 Å². The number of ether oxygens (including phenoxy) is 3. The van der Waals surface area contributed by atoms with Crippen LogP contribution in [0.15, 0.2) is 0 Å². The van der Waals surface area contributed by atoms with E-state index in [1.807, 2.05) is 0 Å². The third-order valence-electron chi connectivity index (χ3n) is 8.88. The number of rotatable bonds is 37. The molecule has 0 radical (unpaired) electrons. The molecule has 0 aliphatic rings. The third-order valence-corrected chi connectivity index (χ3v) is 8.88. The minimum absolute atomic E-state index is 0.00532. The first kappa shape index (κ1) is 45.9. The first-order chi connectivity index (χ1) is 23.4. The Balaban J connectivity index is 4.24. The Labute approximate surface area is 294 Å². The SMILES string of the molecule is CCCCCCCCCCCCCCCC(=O)OC(CCOC(=O)CCCC(=O)O)OC(=O)CCCCCCCCCCCCCCC. The zero-order valence-electron chi connectivity index (χ0n) is 31.2. The summed E-state index contributed by atoms with van der Waals surface area (Å²) >= 11 is 0. The van der Waals surface area contributed by atoms with Crippen molar-refractivity contribution in [2.24, 2.45) is 0 Å². The number of carbonyl (C=O) groups excluding carboxylic acids is 3. The van der Waals surface area contributed by atoms with Crippen LogP contribution in [0.4, 0.5) is 0 Å². The van der Waals surface area contributed by atoms with Gasteiger partial charge in [0.2, 0.25) is 0 Å². The van der Waals surface area contributed by atoms with Gasteiger partial charge >= 0.3 is 23.9 Å². The molecule has 0 aromatic carbocycles. The van der Waals surface area contributed by atoms with Crippen LogP contribution in [0, 0.1) is 0 Å². The molecule has 0 aromatic heterocycles. The molecular formula is C40H74O8. The molecule has 8 nitrogen and oxygen atoms in total. The molecule has 48 heavy (non-hydrogen) atoms. The zero-order chi connectivity index (χ0) is 35.3. The summed E-state index contributed by atoms with van der Waals surface area (Å²) in [6.45, 7) is 4.42. The Kier molecular flexibility index (Phi) is 34.6. The van der Waals surface area contributed by atoms with Crippen molar-refractivity contribution >= 4 is 23.9 Å². The summed E-state index contributed by atoms with van der Waals surface area (Å²) in [5.74, 6) is -2.31. The average Bonchev–Trinajstić information content (AvgIpc) is 3.05. The van der Waals surface area contributed by atoms with Gasteiger partial charge in [0.05, 0.1) is 13.0 Å². The van der Waals surface area contributed by atoms with Gasteiger partial charge in [-0.25, -0.2) is 0 Å². The maximum Gasteiger partial charge on any atom is 0.308 e. The van der Waals surface area contributed by atoms with Crippen molar-refractivity contribution in [1.29, 1.82) is 0 Å². The number of carboxylic acid groups (broad SMARTS) is 1. The number of carbonyl (C=O) groups is 4. The van der Waals surface area contributed by atoms with E-state index in [0.717, 1.165) is 38.5 Å². The summed E-state index contributed by atoms with van der Waals surface area (Å²) in [6, 6.07) is 0. The van der Waals surface area contributed by atoms with Crippen LogP contribution >= 0.6 is 0 Å². The number of unbranched alkanes of at least 4 members (excludes halogenated alkanes) is 24. The maximum atomic E-state index is 12.5. The summed E-state index contributed by atoms with van der Waals surface area (Å²) < 4.78 is 16.1. The highest BCUT2D eigenvalue weighted by atomic mass is 16.7. The van der Waals surface area contributed by atoms with E-state index in [0.29, 0.717) is 0 Å². The molecular weight excluding hydrogens is 608 g/mol. The first-order valence-electron chi connectivity index (χ1n) is 20.1. The molecule has 0 unspecified atom stereocenters. The van der Waals surface area contributed by atoms with Gasteiger partial charge in [0, 0.05) is 25.7 Å². The van der Waals surface area contributed by atoms with Crippen molar-refractivity contribution in [3.8, 4) is 0 Å². The fourth-order valence-corrected chi connectivity index (χ4v) is 5.85. The molecule has 8 heteroatoms. The lowest BCUT2D eigenvalue weighted by Crippen LogP contribution is -2.26. The predicted octanol–water partition coefficient (Wildman–Crippen LogP) is 11.5. The van der Waals surface area contributed by atoms with E-state index in [4.69, 9.17) is 19.3 Å². The van der Waals surface area contributed by atoms with E-state index in [9.17, 15) is 19.2 Å². The second-order valence-electron chi connectivity index (χ2n) is 13.7. The number of hydrogen-bond acceptors (Lipinski definition) is 7. The van der Waals surface area contributed by atoms with Gasteiger partial charge in [0.15, 0.2) is 0 Å². The zero-order valence-corrected chi connectivity index (χ0v) is 31.2. The predicted molar refractivity (Wildman–Crippen MR) is 194 cm³/mol. The summed E-state index contributed by atoms with van der Waals surface area (Å²) in [4.78, 5) is 47.7. The lowest BCUT2D eigenvalue weighted by atomic mass is 10.0. The van der Waals surface area contributed by atoms with Crippen LogP contribution in [0.25, 0.3) is 0 Å². The van der Waals surface area contributed by atoms with Gasteiger partial charge in [-0.1, -0.05) is 168 Å². The molecule has 0 aliphatic heterocycles. The van der Waals surface area contributed by atoms with Crippen molar-refractivity contribution in [3.05, 3.63) is 0 Å². The third kappa shape index (κ3) is 35.2. The fraction of sp³-hybridized carbons (Fsp3) is 0.900. The van der Waals surface area contributed by atoms with E-state index in [-0.39, 0.29) is 45.1 Å². The van der Waals surface area contributed by atoms with Gasteiger partial charge in [-0.05, 0) is 19.3 Å². The molecule has 282 valence electrons. The standard InChI is InChI=1S/C40H74O8/c1-3-5-7-9-11-13-15-17-19-21-23-25-27-31-38(44)47-40(34-35-46-37(43)33-29-30-36(41)42)48-39(45)32-28-26-24-22-20-18-16-14-12-10-8-6-4-2/h40H,3-35H2,1-2H3,(H,41,42). The molecule has 0 atom stereocenters. The first-order valence-corrected chi connectivity index (χ1v) is 20.1. The monoisotopic (exact) mass is 683 g/mol. The highest BCUT2D eigenvalue weighted by Gasteiger charge is 2.20. The maximum absolute atomic E-state index is 12.5.